The van der Waals surface area contributed by atoms with E-state index in [1.807, 2.05) is 6.07 Å². The molecular weight excluding hydrogens is 264 g/mol. The maximum absolute atomic E-state index is 14.0. The van der Waals surface area contributed by atoms with Gasteiger partial charge in [-0.3, -0.25) is 4.79 Å². The van der Waals surface area contributed by atoms with Crippen molar-refractivity contribution in [3.63, 3.8) is 0 Å². The van der Waals surface area contributed by atoms with Gasteiger partial charge >= 0.3 is 0 Å². The average Bonchev–Trinajstić information content (AvgIpc) is 2.99. The summed E-state index contributed by atoms with van der Waals surface area (Å²) in [5, 5.41) is 18.3. The lowest BCUT2D eigenvalue weighted by molar-refractivity contribution is -0.118. The van der Waals surface area contributed by atoms with Crippen molar-refractivity contribution in [3.8, 4) is 11.8 Å². The summed E-state index contributed by atoms with van der Waals surface area (Å²) in [6, 6.07) is 4.11. The lowest BCUT2D eigenvalue weighted by Gasteiger charge is -2.14. The lowest BCUT2D eigenvalue weighted by atomic mass is 9.89. The molecule has 0 bridgehead atoms. The molecule has 2 atom stereocenters. The molecular formula is C15H11F2NO2. The van der Waals surface area contributed by atoms with Crippen molar-refractivity contribution in [2.24, 2.45) is 11.8 Å². The number of nitriles is 1. The molecule has 5 heteroatoms. The van der Waals surface area contributed by atoms with Crippen LogP contribution in [0.3, 0.4) is 0 Å². The number of Topliss-reactive ketones (excluding diaryl/α,β-unsaturated/α-hetero) is 1. The molecule has 3 nitrogen and oxygen atoms in total. The van der Waals surface area contributed by atoms with E-state index in [9.17, 15) is 13.6 Å². The van der Waals surface area contributed by atoms with E-state index in [0.717, 1.165) is 12.5 Å². The second-order valence-electron chi connectivity index (χ2n) is 5.17. The Morgan fingerprint density at radius 1 is 1.20 bits per heavy atom. The lowest BCUT2D eigenvalue weighted by Crippen LogP contribution is -2.11. The van der Waals surface area contributed by atoms with Crippen LogP contribution in [-0.4, -0.2) is 10.9 Å². The number of benzene rings is 1. The number of phenols is 1. The van der Waals surface area contributed by atoms with Crippen molar-refractivity contribution in [1.82, 2.24) is 0 Å². The van der Waals surface area contributed by atoms with E-state index in [4.69, 9.17) is 10.4 Å². The first-order valence-electron chi connectivity index (χ1n) is 6.42. The number of carbonyl (C=O) groups excluding carboxylic acids is 1. The normalized spacial score (nSPS) is 24.9. The Kier molecular flexibility index (Phi) is 2.82. The standard InChI is InChI=1S/C15H11F2NO2/c16-13-9(4-5-11(19)14(13)17)12-7-2-1-3-8(7)15(20)10(12)6-18/h4-5,7-8,19H,1-3H2/t7-,8+/m0/s1. The zero-order valence-electron chi connectivity index (χ0n) is 10.5. The van der Waals surface area contributed by atoms with E-state index >= 15 is 0 Å². The number of nitrogens with zero attached hydrogens (tertiary/aromatic N) is 1. The highest BCUT2D eigenvalue weighted by Crippen LogP contribution is 2.50. The number of fused-ring (bicyclic) bond motifs is 1. The Morgan fingerprint density at radius 2 is 1.90 bits per heavy atom. The number of hydrogen-bond acceptors (Lipinski definition) is 3. The van der Waals surface area contributed by atoms with Gasteiger partial charge in [-0.1, -0.05) is 6.42 Å². The Hall–Kier alpha value is -2.22. The Labute approximate surface area is 114 Å². The number of hydrogen-bond donors (Lipinski definition) is 1. The summed E-state index contributed by atoms with van der Waals surface area (Å²) in [4.78, 5) is 12.1. The van der Waals surface area contributed by atoms with Gasteiger partial charge in [-0.25, -0.2) is 4.39 Å². The second-order valence-corrected chi connectivity index (χ2v) is 5.17. The first-order valence-corrected chi connectivity index (χ1v) is 6.42. The molecule has 0 spiro atoms. The highest BCUT2D eigenvalue weighted by atomic mass is 19.2. The summed E-state index contributed by atoms with van der Waals surface area (Å²) in [7, 11) is 0. The van der Waals surface area contributed by atoms with Gasteiger partial charge < -0.3 is 5.11 Å². The molecule has 1 fully saturated rings. The summed E-state index contributed by atoms with van der Waals surface area (Å²) in [5.41, 5.74) is 0.152. The van der Waals surface area contributed by atoms with Gasteiger partial charge in [0.1, 0.15) is 6.07 Å². The zero-order valence-corrected chi connectivity index (χ0v) is 10.5. The fourth-order valence-corrected chi connectivity index (χ4v) is 3.32. The maximum Gasteiger partial charge on any atom is 0.200 e. The minimum absolute atomic E-state index is 0.0660. The topological polar surface area (TPSA) is 61.1 Å². The molecule has 0 aromatic heterocycles. The first-order chi connectivity index (χ1) is 9.56. The van der Waals surface area contributed by atoms with Crippen LogP contribution in [0.1, 0.15) is 24.8 Å². The predicted molar refractivity (Wildman–Crippen MR) is 66.4 cm³/mol. The summed E-state index contributed by atoms with van der Waals surface area (Å²) in [5.74, 6) is -4.09. The quantitative estimate of drug-likeness (QED) is 0.857. The van der Waals surface area contributed by atoms with Gasteiger partial charge in [0, 0.05) is 11.5 Å². The molecule has 0 unspecified atom stereocenters. The van der Waals surface area contributed by atoms with Crippen LogP contribution in [0.4, 0.5) is 8.78 Å². The SMILES string of the molecule is N#CC1=C(c2ccc(O)c(F)c2F)[C@H]2CCC[C@H]2C1=O. The molecule has 2 aliphatic rings. The number of ketones is 1. The Morgan fingerprint density at radius 3 is 2.60 bits per heavy atom. The highest BCUT2D eigenvalue weighted by molar-refractivity contribution is 6.12. The fraction of sp³-hybridized carbons (Fsp3) is 0.333. The number of phenolic OH excluding ortho intramolecular Hbond substituents is 1. The molecule has 0 radical (unpaired) electrons. The van der Waals surface area contributed by atoms with Crippen LogP contribution in [-0.2, 0) is 4.79 Å². The molecule has 1 saturated carbocycles. The highest BCUT2D eigenvalue weighted by Gasteiger charge is 2.45. The minimum atomic E-state index is -1.35. The first kappa shape index (κ1) is 12.8. The van der Waals surface area contributed by atoms with Crippen molar-refractivity contribution in [2.75, 3.05) is 0 Å². The number of rotatable bonds is 1. The van der Waals surface area contributed by atoms with E-state index in [1.54, 1.807) is 0 Å². The van der Waals surface area contributed by atoms with Crippen LogP contribution in [0.15, 0.2) is 17.7 Å². The molecule has 1 aromatic rings. The maximum atomic E-state index is 14.0. The van der Waals surface area contributed by atoms with Crippen LogP contribution in [0.25, 0.3) is 5.57 Å². The number of carbonyl (C=O) groups is 1. The van der Waals surface area contributed by atoms with Crippen molar-refractivity contribution >= 4 is 11.4 Å². The minimum Gasteiger partial charge on any atom is -0.505 e. The van der Waals surface area contributed by atoms with Gasteiger partial charge in [0.2, 0.25) is 5.82 Å². The summed E-state index contributed by atoms with van der Waals surface area (Å²) < 4.78 is 27.5. The number of halogens is 2. The Bertz CT molecular complexity index is 688. The van der Waals surface area contributed by atoms with E-state index in [1.165, 1.54) is 6.07 Å². The molecule has 102 valence electrons. The van der Waals surface area contributed by atoms with Crippen LogP contribution >= 0.6 is 0 Å². The van der Waals surface area contributed by atoms with Crippen molar-refractivity contribution in [2.45, 2.75) is 19.3 Å². The van der Waals surface area contributed by atoms with Crippen LogP contribution in [0, 0.1) is 34.8 Å². The van der Waals surface area contributed by atoms with Gasteiger partial charge in [0.05, 0.1) is 5.57 Å². The number of allylic oxidation sites excluding steroid dienone is 2. The van der Waals surface area contributed by atoms with Gasteiger partial charge in [-0.2, -0.15) is 9.65 Å². The van der Waals surface area contributed by atoms with Crippen molar-refractivity contribution in [3.05, 3.63) is 34.9 Å². The smallest absolute Gasteiger partial charge is 0.200 e. The molecule has 2 aliphatic carbocycles. The predicted octanol–water partition coefficient (Wildman–Crippen LogP) is 2.95. The van der Waals surface area contributed by atoms with E-state index in [2.05, 4.69) is 0 Å². The van der Waals surface area contributed by atoms with Crippen molar-refractivity contribution < 1.29 is 18.7 Å². The van der Waals surface area contributed by atoms with Gasteiger partial charge in [0.25, 0.3) is 0 Å². The summed E-state index contributed by atoms with van der Waals surface area (Å²) in [6.45, 7) is 0. The van der Waals surface area contributed by atoms with Gasteiger partial charge in [-0.15, -0.1) is 0 Å². The molecule has 0 saturated heterocycles. The van der Waals surface area contributed by atoms with Crippen LogP contribution in [0.5, 0.6) is 5.75 Å². The zero-order chi connectivity index (χ0) is 14.4. The van der Waals surface area contributed by atoms with E-state index in [0.29, 0.717) is 18.4 Å². The molecule has 1 N–H and O–H groups in total. The fourth-order valence-electron chi connectivity index (χ4n) is 3.32. The third-order valence-electron chi connectivity index (χ3n) is 4.20. The third-order valence-corrected chi connectivity index (χ3v) is 4.20. The van der Waals surface area contributed by atoms with Gasteiger partial charge in [-0.05, 0) is 36.5 Å². The second kappa shape index (κ2) is 4.41. The summed E-state index contributed by atoms with van der Waals surface area (Å²) in [6.07, 6.45) is 2.21. The average molecular weight is 275 g/mol. The van der Waals surface area contributed by atoms with E-state index in [-0.39, 0.29) is 28.8 Å². The van der Waals surface area contributed by atoms with Crippen molar-refractivity contribution in [1.29, 1.82) is 5.26 Å². The van der Waals surface area contributed by atoms with Gasteiger partial charge in [0.15, 0.2) is 17.3 Å². The molecule has 3 rings (SSSR count). The third kappa shape index (κ3) is 1.58. The van der Waals surface area contributed by atoms with Crippen LogP contribution < -0.4 is 0 Å². The molecule has 0 aliphatic heterocycles. The monoisotopic (exact) mass is 275 g/mol. The molecule has 0 amide bonds. The molecule has 20 heavy (non-hydrogen) atoms. The Balaban J connectivity index is 2.22. The molecule has 0 heterocycles. The van der Waals surface area contributed by atoms with Crippen LogP contribution in [0.2, 0.25) is 0 Å². The molecule has 1 aromatic carbocycles. The van der Waals surface area contributed by atoms with E-state index < -0.39 is 17.4 Å². The largest absolute Gasteiger partial charge is 0.505 e. The summed E-state index contributed by atoms with van der Waals surface area (Å²) >= 11 is 0. The number of aromatic hydroxyl groups is 1.